The SMILES string of the molecule is Fc1ccc(NCc2cscn2)c(Br)c1. The Morgan fingerprint density at radius 3 is 3.00 bits per heavy atom. The lowest BCUT2D eigenvalue weighted by atomic mass is 10.3. The molecular formula is C10H8BrFN2S. The first kappa shape index (κ1) is 10.6. The fourth-order valence-corrected chi connectivity index (χ4v) is 2.19. The molecule has 5 heteroatoms. The maximum atomic E-state index is 12.8. The molecule has 0 saturated carbocycles. The number of nitrogens with one attached hydrogen (secondary N) is 1. The van der Waals surface area contributed by atoms with Gasteiger partial charge in [-0.2, -0.15) is 0 Å². The van der Waals surface area contributed by atoms with Crippen molar-refractivity contribution in [1.82, 2.24) is 4.98 Å². The predicted octanol–water partition coefficient (Wildman–Crippen LogP) is 3.66. The van der Waals surface area contributed by atoms with Crippen LogP contribution >= 0.6 is 27.3 Å². The molecule has 0 aliphatic carbocycles. The average Bonchev–Trinajstić information content (AvgIpc) is 2.69. The van der Waals surface area contributed by atoms with Crippen LogP contribution in [0.1, 0.15) is 5.69 Å². The topological polar surface area (TPSA) is 24.9 Å². The molecule has 15 heavy (non-hydrogen) atoms. The molecule has 0 atom stereocenters. The van der Waals surface area contributed by atoms with Gasteiger partial charge in [0.15, 0.2) is 0 Å². The molecule has 0 aliphatic rings. The number of aromatic nitrogens is 1. The molecule has 0 bridgehead atoms. The van der Waals surface area contributed by atoms with Crippen LogP contribution in [0.4, 0.5) is 10.1 Å². The lowest BCUT2D eigenvalue weighted by Gasteiger charge is -2.06. The minimum Gasteiger partial charge on any atom is -0.378 e. The molecule has 0 fully saturated rings. The highest BCUT2D eigenvalue weighted by molar-refractivity contribution is 9.10. The molecule has 2 rings (SSSR count). The van der Waals surface area contributed by atoms with Gasteiger partial charge in [-0.05, 0) is 34.1 Å². The number of hydrogen-bond acceptors (Lipinski definition) is 3. The smallest absolute Gasteiger partial charge is 0.124 e. The summed E-state index contributed by atoms with van der Waals surface area (Å²) in [5, 5.41) is 5.15. The van der Waals surface area contributed by atoms with E-state index >= 15 is 0 Å². The first-order valence-corrected chi connectivity index (χ1v) is 6.05. The Balaban J connectivity index is 2.05. The number of nitrogens with zero attached hydrogens (tertiary/aromatic N) is 1. The molecule has 1 N–H and O–H groups in total. The molecule has 1 aromatic heterocycles. The zero-order valence-corrected chi connectivity index (χ0v) is 10.1. The Kier molecular flexibility index (Phi) is 3.33. The van der Waals surface area contributed by atoms with Crippen LogP contribution in [0.25, 0.3) is 0 Å². The van der Waals surface area contributed by atoms with Crippen LogP contribution in [0.3, 0.4) is 0 Å². The van der Waals surface area contributed by atoms with Gasteiger partial charge in [-0.15, -0.1) is 11.3 Å². The lowest BCUT2D eigenvalue weighted by molar-refractivity contribution is 0.627. The second-order valence-electron chi connectivity index (χ2n) is 2.96. The number of anilines is 1. The summed E-state index contributed by atoms with van der Waals surface area (Å²) >= 11 is 4.85. The molecule has 0 aliphatic heterocycles. The lowest BCUT2D eigenvalue weighted by Crippen LogP contribution is -2.00. The zero-order valence-electron chi connectivity index (χ0n) is 7.71. The fraction of sp³-hybridized carbons (Fsp3) is 0.100. The van der Waals surface area contributed by atoms with E-state index < -0.39 is 0 Å². The van der Waals surface area contributed by atoms with E-state index in [4.69, 9.17) is 0 Å². The van der Waals surface area contributed by atoms with Crippen molar-refractivity contribution in [3.8, 4) is 0 Å². The Morgan fingerprint density at radius 1 is 1.47 bits per heavy atom. The van der Waals surface area contributed by atoms with E-state index in [0.29, 0.717) is 6.54 Å². The van der Waals surface area contributed by atoms with Crippen LogP contribution in [0.5, 0.6) is 0 Å². The standard InChI is InChI=1S/C10H8BrFN2S/c11-9-3-7(12)1-2-10(9)13-4-8-5-15-6-14-8/h1-3,5-6,13H,4H2. The zero-order chi connectivity index (χ0) is 10.7. The van der Waals surface area contributed by atoms with Crippen LogP contribution in [0.2, 0.25) is 0 Å². The Labute approximate surface area is 99.3 Å². The number of benzene rings is 1. The molecule has 0 saturated heterocycles. The summed E-state index contributed by atoms with van der Waals surface area (Å²) < 4.78 is 13.5. The van der Waals surface area contributed by atoms with Crippen molar-refractivity contribution in [2.45, 2.75) is 6.54 Å². The third-order valence-electron chi connectivity index (χ3n) is 1.87. The molecule has 0 spiro atoms. The van der Waals surface area contributed by atoms with Crippen LogP contribution in [0.15, 0.2) is 33.6 Å². The van der Waals surface area contributed by atoms with Gasteiger partial charge in [0.2, 0.25) is 0 Å². The summed E-state index contributed by atoms with van der Waals surface area (Å²) in [5.41, 5.74) is 3.64. The molecule has 0 unspecified atom stereocenters. The van der Waals surface area contributed by atoms with Crippen LogP contribution in [0, 0.1) is 5.82 Å². The van der Waals surface area contributed by atoms with E-state index in [1.165, 1.54) is 12.1 Å². The first-order valence-electron chi connectivity index (χ1n) is 4.31. The first-order chi connectivity index (χ1) is 7.25. The molecule has 78 valence electrons. The number of thiazole rings is 1. The van der Waals surface area contributed by atoms with Gasteiger partial charge >= 0.3 is 0 Å². The van der Waals surface area contributed by atoms with Crippen LogP contribution in [-0.4, -0.2) is 4.98 Å². The summed E-state index contributed by atoms with van der Waals surface area (Å²) in [5.74, 6) is -0.249. The maximum Gasteiger partial charge on any atom is 0.124 e. The maximum absolute atomic E-state index is 12.8. The molecule has 1 heterocycles. The molecule has 0 radical (unpaired) electrons. The Hall–Kier alpha value is -0.940. The van der Waals surface area contributed by atoms with Crippen LogP contribution < -0.4 is 5.32 Å². The summed E-state index contributed by atoms with van der Waals surface area (Å²) in [7, 11) is 0. The van der Waals surface area contributed by atoms with E-state index in [-0.39, 0.29) is 5.82 Å². The van der Waals surface area contributed by atoms with Crippen molar-refractivity contribution in [1.29, 1.82) is 0 Å². The van der Waals surface area contributed by atoms with Crippen molar-refractivity contribution >= 4 is 33.0 Å². The van der Waals surface area contributed by atoms with E-state index in [1.807, 2.05) is 5.38 Å². The quantitative estimate of drug-likeness (QED) is 0.932. The summed E-state index contributed by atoms with van der Waals surface area (Å²) in [6, 6.07) is 4.56. The van der Waals surface area contributed by atoms with E-state index in [0.717, 1.165) is 15.9 Å². The van der Waals surface area contributed by atoms with E-state index in [9.17, 15) is 4.39 Å². The largest absolute Gasteiger partial charge is 0.378 e. The van der Waals surface area contributed by atoms with Gasteiger partial charge in [0.25, 0.3) is 0 Å². The molecule has 2 nitrogen and oxygen atoms in total. The van der Waals surface area contributed by atoms with Gasteiger partial charge in [0, 0.05) is 15.5 Å². The van der Waals surface area contributed by atoms with Crippen LogP contribution in [-0.2, 0) is 6.54 Å². The fourth-order valence-electron chi connectivity index (χ4n) is 1.14. The highest BCUT2D eigenvalue weighted by atomic mass is 79.9. The van der Waals surface area contributed by atoms with Crippen molar-refractivity contribution in [3.63, 3.8) is 0 Å². The van der Waals surface area contributed by atoms with Gasteiger partial charge < -0.3 is 5.32 Å². The third kappa shape index (κ3) is 2.76. The van der Waals surface area contributed by atoms with Crippen molar-refractivity contribution in [2.75, 3.05) is 5.32 Å². The average molecular weight is 287 g/mol. The minimum atomic E-state index is -0.249. The number of rotatable bonds is 3. The monoisotopic (exact) mass is 286 g/mol. The second kappa shape index (κ2) is 4.72. The number of halogens is 2. The Bertz CT molecular complexity index is 445. The minimum absolute atomic E-state index is 0.249. The Morgan fingerprint density at radius 2 is 2.33 bits per heavy atom. The highest BCUT2D eigenvalue weighted by Gasteiger charge is 2.01. The van der Waals surface area contributed by atoms with Gasteiger partial charge in [0.1, 0.15) is 5.82 Å². The normalized spacial score (nSPS) is 10.3. The molecule has 1 aromatic carbocycles. The van der Waals surface area contributed by atoms with Gasteiger partial charge in [0.05, 0.1) is 17.7 Å². The summed E-state index contributed by atoms with van der Waals surface area (Å²) in [6.07, 6.45) is 0. The highest BCUT2D eigenvalue weighted by Crippen LogP contribution is 2.23. The van der Waals surface area contributed by atoms with Crippen molar-refractivity contribution in [3.05, 3.63) is 45.1 Å². The number of hydrogen-bond donors (Lipinski definition) is 1. The summed E-state index contributed by atoms with van der Waals surface area (Å²) in [6.45, 7) is 0.647. The third-order valence-corrected chi connectivity index (χ3v) is 3.17. The van der Waals surface area contributed by atoms with E-state index in [2.05, 4.69) is 26.2 Å². The molecule has 2 aromatic rings. The molecular weight excluding hydrogens is 279 g/mol. The van der Waals surface area contributed by atoms with Gasteiger partial charge in [-0.1, -0.05) is 0 Å². The van der Waals surface area contributed by atoms with Crippen molar-refractivity contribution < 1.29 is 4.39 Å². The summed E-state index contributed by atoms with van der Waals surface area (Å²) in [4.78, 5) is 4.15. The predicted molar refractivity (Wildman–Crippen MR) is 63.5 cm³/mol. The van der Waals surface area contributed by atoms with Gasteiger partial charge in [-0.25, -0.2) is 9.37 Å². The van der Waals surface area contributed by atoms with Crippen molar-refractivity contribution in [2.24, 2.45) is 0 Å². The molecule has 0 amide bonds. The van der Waals surface area contributed by atoms with Gasteiger partial charge in [-0.3, -0.25) is 0 Å². The van der Waals surface area contributed by atoms with E-state index in [1.54, 1.807) is 22.9 Å². The second-order valence-corrected chi connectivity index (χ2v) is 4.53.